The molecule has 0 saturated heterocycles. The van der Waals surface area contributed by atoms with Crippen LogP contribution >= 0.6 is 0 Å². The maximum absolute atomic E-state index is 10.1. The lowest BCUT2D eigenvalue weighted by molar-refractivity contribution is 0.271. The Morgan fingerprint density at radius 1 is 1.06 bits per heavy atom. The molecule has 1 unspecified atom stereocenters. The highest BCUT2D eigenvalue weighted by molar-refractivity contribution is 5.84. The van der Waals surface area contributed by atoms with E-state index in [1.165, 1.54) is 12.8 Å². The number of aromatic hydroxyl groups is 1. The highest BCUT2D eigenvalue weighted by Gasteiger charge is 2.22. The lowest BCUT2D eigenvalue weighted by atomic mass is 10.0. The van der Waals surface area contributed by atoms with Crippen molar-refractivity contribution in [3.05, 3.63) is 60.4 Å². The summed E-state index contributed by atoms with van der Waals surface area (Å²) in [6.07, 6.45) is 7.38. The number of phenolic OH excluding ortho intramolecular Hbond substituents is 1. The molecule has 0 aliphatic heterocycles. The van der Waals surface area contributed by atoms with Crippen molar-refractivity contribution in [3.8, 4) is 16.9 Å². The molecular formula is C27H32N6O2. The van der Waals surface area contributed by atoms with Gasteiger partial charge in [0.2, 0.25) is 5.95 Å². The van der Waals surface area contributed by atoms with Crippen LogP contribution in [0.1, 0.15) is 50.6 Å². The first-order valence-corrected chi connectivity index (χ1v) is 12.4. The van der Waals surface area contributed by atoms with Gasteiger partial charge in [-0.3, -0.25) is 0 Å². The zero-order valence-corrected chi connectivity index (χ0v) is 20.0. The van der Waals surface area contributed by atoms with Crippen molar-refractivity contribution in [2.45, 2.75) is 57.7 Å². The number of nitrogens with zero attached hydrogens (tertiary/aromatic N) is 4. The predicted octanol–water partition coefficient (Wildman–Crippen LogP) is 5.11. The molecule has 1 aliphatic rings. The molecule has 4 N–H and O–H groups in total. The largest absolute Gasteiger partial charge is 0.507 e. The van der Waals surface area contributed by atoms with Crippen molar-refractivity contribution >= 4 is 22.9 Å². The van der Waals surface area contributed by atoms with Crippen LogP contribution in [0.2, 0.25) is 0 Å². The van der Waals surface area contributed by atoms with Gasteiger partial charge in [-0.15, -0.1) is 0 Å². The van der Waals surface area contributed by atoms with Gasteiger partial charge in [0.05, 0.1) is 19.0 Å². The van der Waals surface area contributed by atoms with Gasteiger partial charge in [-0.05, 0) is 36.5 Å². The average molecular weight is 473 g/mol. The number of aliphatic hydroxyl groups excluding tert-OH is 1. The molecule has 8 nitrogen and oxygen atoms in total. The van der Waals surface area contributed by atoms with E-state index in [0.717, 1.165) is 47.1 Å². The second-order valence-corrected chi connectivity index (χ2v) is 9.16. The third-order valence-electron chi connectivity index (χ3n) is 6.81. The number of aliphatic hydroxyl groups is 1. The SMILES string of the molecule is CCC(CO)Nc1nc(NCc2ccc(-c3ccccc3O)cc2)c2ncn(C3CCCC3)c2n1. The summed E-state index contributed by atoms with van der Waals surface area (Å²) < 4.78 is 2.18. The summed E-state index contributed by atoms with van der Waals surface area (Å²) in [7, 11) is 0. The van der Waals surface area contributed by atoms with Crippen molar-refractivity contribution in [3.63, 3.8) is 0 Å². The number of para-hydroxylation sites is 1. The molecule has 1 fully saturated rings. The Kier molecular flexibility index (Phi) is 6.81. The summed E-state index contributed by atoms with van der Waals surface area (Å²) in [5.41, 5.74) is 4.44. The van der Waals surface area contributed by atoms with Crippen LogP contribution < -0.4 is 10.6 Å². The minimum Gasteiger partial charge on any atom is -0.507 e. The minimum absolute atomic E-state index is 0.0197. The Morgan fingerprint density at radius 3 is 2.54 bits per heavy atom. The van der Waals surface area contributed by atoms with E-state index in [9.17, 15) is 10.2 Å². The smallest absolute Gasteiger partial charge is 0.227 e. The van der Waals surface area contributed by atoms with Crippen LogP contribution in [0.3, 0.4) is 0 Å². The lowest BCUT2D eigenvalue weighted by Gasteiger charge is -2.17. The van der Waals surface area contributed by atoms with Gasteiger partial charge in [0.15, 0.2) is 17.0 Å². The highest BCUT2D eigenvalue weighted by atomic mass is 16.3. The summed E-state index contributed by atoms with van der Waals surface area (Å²) in [4.78, 5) is 14.2. The highest BCUT2D eigenvalue weighted by Crippen LogP contribution is 2.33. The van der Waals surface area contributed by atoms with E-state index in [0.29, 0.717) is 24.4 Å². The van der Waals surface area contributed by atoms with E-state index < -0.39 is 0 Å². The number of phenols is 1. The third kappa shape index (κ3) is 4.93. The molecule has 2 aromatic carbocycles. The minimum atomic E-state index is -0.106. The van der Waals surface area contributed by atoms with Crippen LogP contribution in [-0.4, -0.2) is 42.4 Å². The summed E-state index contributed by atoms with van der Waals surface area (Å²) in [6, 6.07) is 15.8. The molecule has 1 saturated carbocycles. The lowest BCUT2D eigenvalue weighted by Crippen LogP contribution is -2.24. The molecule has 8 heteroatoms. The summed E-state index contributed by atoms with van der Waals surface area (Å²) in [6.45, 7) is 2.61. The number of rotatable bonds is 9. The molecule has 182 valence electrons. The summed E-state index contributed by atoms with van der Waals surface area (Å²) >= 11 is 0. The third-order valence-corrected chi connectivity index (χ3v) is 6.81. The fourth-order valence-corrected chi connectivity index (χ4v) is 4.72. The number of aromatic nitrogens is 4. The van der Waals surface area contributed by atoms with Crippen molar-refractivity contribution in [1.29, 1.82) is 0 Å². The van der Waals surface area contributed by atoms with Gasteiger partial charge in [0.25, 0.3) is 0 Å². The van der Waals surface area contributed by atoms with E-state index in [-0.39, 0.29) is 18.4 Å². The van der Waals surface area contributed by atoms with Gasteiger partial charge in [-0.2, -0.15) is 9.97 Å². The molecule has 2 heterocycles. The Hall–Kier alpha value is -3.65. The molecule has 2 aromatic heterocycles. The van der Waals surface area contributed by atoms with Gasteiger partial charge in [0.1, 0.15) is 5.75 Å². The summed E-state index contributed by atoms with van der Waals surface area (Å²) in [5.74, 6) is 1.44. The molecule has 1 aliphatic carbocycles. The second kappa shape index (κ2) is 10.3. The van der Waals surface area contributed by atoms with Crippen molar-refractivity contribution in [2.24, 2.45) is 0 Å². The Morgan fingerprint density at radius 2 is 1.83 bits per heavy atom. The van der Waals surface area contributed by atoms with Crippen molar-refractivity contribution in [1.82, 2.24) is 19.5 Å². The van der Waals surface area contributed by atoms with Crippen LogP contribution in [0.15, 0.2) is 54.9 Å². The van der Waals surface area contributed by atoms with Gasteiger partial charge < -0.3 is 25.4 Å². The normalized spacial score (nSPS) is 14.9. The number of benzene rings is 2. The summed E-state index contributed by atoms with van der Waals surface area (Å²) in [5, 5.41) is 26.5. The van der Waals surface area contributed by atoms with Crippen molar-refractivity contribution < 1.29 is 10.2 Å². The second-order valence-electron chi connectivity index (χ2n) is 9.16. The van der Waals surface area contributed by atoms with Crippen LogP contribution in [0.4, 0.5) is 11.8 Å². The van der Waals surface area contributed by atoms with E-state index in [1.54, 1.807) is 6.07 Å². The Labute approximate surface area is 205 Å². The topological polar surface area (TPSA) is 108 Å². The monoisotopic (exact) mass is 472 g/mol. The molecule has 1 atom stereocenters. The predicted molar refractivity (Wildman–Crippen MR) is 138 cm³/mol. The first-order valence-electron chi connectivity index (χ1n) is 12.4. The number of hydrogen-bond acceptors (Lipinski definition) is 7. The van der Waals surface area contributed by atoms with E-state index >= 15 is 0 Å². The van der Waals surface area contributed by atoms with Gasteiger partial charge in [0, 0.05) is 18.2 Å². The van der Waals surface area contributed by atoms with E-state index in [2.05, 4.69) is 20.2 Å². The fraction of sp³-hybridized carbons (Fsp3) is 0.370. The van der Waals surface area contributed by atoms with E-state index in [1.807, 2.05) is 55.7 Å². The molecule has 0 bridgehead atoms. The van der Waals surface area contributed by atoms with Crippen LogP contribution in [0.25, 0.3) is 22.3 Å². The number of imidazole rings is 1. The quantitative estimate of drug-likeness (QED) is 0.268. The van der Waals surface area contributed by atoms with Crippen LogP contribution in [0, 0.1) is 0 Å². The first-order chi connectivity index (χ1) is 17.2. The Balaban J connectivity index is 1.41. The maximum Gasteiger partial charge on any atom is 0.227 e. The standard InChI is InChI=1S/C27H32N6O2/c1-2-20(16-34)30-27-31-25(24-26(32-27)33(17-29-24)21-7-3-4-8-21)28-15-18-11-13-19(14-12-18)22-9-5-6-10-23(22)35/h5-6,9-14,17,20-21,34-35H,2-4,7-8,15-16H2,1H3,(H2,28,30,31,32). The van der Waals surface area contributed by atoms with Gasteiger partial charge in [-0.1, -0.05) is 62.2 Å². The maximum atomic E-state index is 10.1. The number of fused-ring (bicyclic) bond motifs is 1. The van der Waals surface area contributed by atoms with Crippen molar-refractivity contribution in [2.75, 3.05) is 17.2 Å². The molecule has 0 amide bonds. The first kappa shape index (κ1) is 23.1. The van der Waals surface area contributed by atoms with Gasteiger partial charge in [-0.25, -0.2) is 4.98 Å². The molecular weight excluding hydrogens is 440 g/mol. The molecule has 35 heavy (non-hydrogen) atoms. The van der Waals surface area contributed by atoms with E-state index in [4.69, 9.17) is 9.97 Å². The molecule has 0 radical (unpaired) electrons. The fourth-order valence-electron chi connectivity index (χ4n) is 4.72. The number of hydrogen-bond donors (Lipinski definition) is 4. The van der Waals surface area contributed by atoms with Crippen LogP contribution in [0.5, 0.6) is 5.75 Å². The molecule has 5 rings (SSSR count). The zero-order valence-electron chi connectivity index (χ0n) is 20.0. The molecule has 4 aromatic rings. The molecule has 0 spiro atoms. The van der Waals surface area contributed by atoms with Crippen LogP contribution in [-0.2, 0) is 6.54 Å². The zero-order chi connectivity index (χ0) is 24.2. The van der Waals surface area contributed by atoms with Gasteiger partial charge >= 0.3 is 0 Å². The number of nitrogens with one attached hydrogen (secondary N) is 2. The Bertz CT molecular complexity index is 1280. The average Bonchev–Trinajstić information content (AvgIpc) is 3.56. The number of anilines is 2.